The Bertz CT molecular complexity index is 284. The fourth-order valence-corrected chi connectivity index (χ4v) is 2.93. The van der Waals surface area contributed by atoms with Crippen molar-refractivity contribution >= 4 is 11.8 Å². The van der Waals surface area contributed by atoms with Crippen molar-refractivity contribution in [3.8, 4) is 0 Å². The highest BCUT2D eigenvalue weighted by Crippen LogP contribution is 2.52. The molecule has 3 saturated carbocycles. The average molecular weight is 196 g/mol. The summed E-state index contributed by atoms with van der Waals surface area (Å²) in [6.45, 7) is 2.04. The van der Waals surface area contributed by atoms with E-state index >= 15 is 0 Å². The second kappa shape index (κ2) is 3.07. The minimum Gasteiger partial charge on any atom is -0.469 e. The summed E-state index contributed by atoms with van der Waals surface area (Å²) in [6, 6.07) is 0. The third-order valence-electron chi connectivity index (χ3n) is 3.94. The van der Waals surface area contributed by atoms with Gasteiger partial charge in [-0.2, -0.15) is 0 Å². The molecule has 14 heavy (non-hydrogen) atoms. The molecule has 0 N–H and O–H groups in total. The maximum atomic E-state index is 11.6. The SMILES string of the molecule is COC(=O)[C@@H]1C[C@H]2CC[C@]1(C)CC2=O. The van der Waals surface area contributed by atoms with Gasteiger partial charge in [0, 0.05) is 12.3 Å². The minimum atomic E-state index is -0.135. The van der Waals surface area contributed by atoms with E-state index in [1.165, 1.54) is 7.11 Å². The highest BCUT2D eigenvalue weighted by molar-refractivity contribution is 5.86. The van der Waals surface area contributed by atoms with Gasteiger partial charge in [-0.1, -0.05) is 6.92 Å². The Balaban J connectivity index is 2.23. The van der Waals surface area contributed by atoms with Crippen LogP contribution in [0.2, 0.25) is 0 Å². The lowest BCUT2D eigenvalue weighted by Crippen LogP contribution is -2.48. The van der Waals surface area contributed by atoms with Crippen LogP contribution in [0.25, 0.3) is 0 Å². The molecule has 3 heteroatoms. The molecule has 78 valence electrons. The van der Waals surface area contributed by atoms with Gasteiger partial charge in [-0.05, 0) is 24.7 Å². The molecule has 0 aromatic carbocycles. The quantitative estimate of drug-likeness (QED) is 0.598. The topological polar surface area (TPSA) is 43.4 Å². The second-order valence-corrected chi connectivity index (χ2v) is 4.84. The van der Waals surface area contributed by atoms with E-state index < -0.39 is 0 Å². The van der Waals surface area contributed by atoms with Gasteiger partial charge in [0.15, 0.2) is 0 Å². The number of methoxy groups -OCH3 is 1. The fraction of sp³-hybridized carbons (Fsp3) is 0.818. The van der Waals surface area contributed by atoms with Crippen LogP contribution >= 0.6 is 0 Å². The van der Waals surface area contributed by atoms with Gasteiger partial charge >= 0.3 is 5.97 Å². The second-order valence-electron chi connectivity index (χ2n) is 4.84. The highest BCUT2D eigenvalue weighted by Gasteiger charge is 2.51. The van der Waals surface area contributed by atoms with Gasteiger partial charge in [0.05, 0.1) is 13.0 Å². The highest BCUT2D eigenvalue weighted by atomic mass is 16.5. The van der Waals surface area contributed by atoms with Crippen molar-refractivity contribution in [2.75, 3.05) is 7.11 Å². The van der Waals surface area contributed by atoms with Crippen LogP contribution < -0.4 is 0 Å². The van der Waals surface area contributed by atoms with E-state index in [0.29, 0.717) is 18.6 Å². The Morgan fingerprint density at radius 2 is 2.29 bits per heavy atom. The first-order valence-electron chi connectivity index (χ1n) is 5.17. The summed E-state index contributed by atoms with van der Waals surface area (Å²) in [6.07, 6.45) is 3.23. The Morgan fingerprint density at radius 3 is 2.79 bits per heavy atom. The van der Waals surface area contributed by atoms with Gasteiger partial charge in [-0.15, -0.1) is 0 Å². The maximum absolute atomic E-state index is 11.6. The number of ketones is 1. The average Bonchev–Trinajstić information content (AvgIpc) is 2.16. The summed E-state index contributed by atoms with van der Waals surface area (Å²) < 4.78 is 4.79. The first-order valence-corrected chi connectivity index (χ1v) is 5.17. The first-order chi connectivity index (χ1) is 6.57. The lowest BCUT2D eigenvalue weighted by atomic mass is 9.55. The monoisotopic (exact) mass is 196 g/mol. The molecule has 0 aromatic rings. The van der Waals surface area contributed by atoms with E-state index in [1.807, 2.05) is 6.92 Å². The molecule has 0 unspecified atom stereocenters. The molecule has 3 atom stereocenters. The number of fused-ring (bicyclic) bond motifs is 3. The third-order valence-corrected chi connectivity index (χ3v) is 3.94. The van der Waals surface area contributed by atoms with E-state index in [-0.39, 0.29) is 23.2 Å². The predicted molar refractivity (Wildman–Crippen MR) is 50.6 cm³/mol. The van der Waals surface area contributed by atoms with E-state index in [9.17, 15) is 9.59 Å². The zero-order valence-corrected chi connectivity index (χ0v) is 8.71. The molecule has 0 aromatic heterocycles. The summed E-state index contributed by atoms with van der Waals surface area (Å²) in [4.78, 5) is 23.1. The normalized spacial score (nSPS) is 41.1. The molecule has 3 nitrogen and oxygen atoms in total. The summed E-state index contributed by atoms with van der Waals surface area (Å²) in [5, 5.41) is 0. The molecule has 0 spiro atoms. The number of rotatable bonds is 1. The van der Waals surface area contributed by atoms with Crippen molar-refractivity contribution < 1.29 is 14.3 Å². The van der Waals surface area contributed by atoms with E-state index in [2.05, 4.69) is 0 Å². The molecular weight excluding hydrogens is 180 g/mol. The van der Waals surface area contributed by atoms with Crippen molar-refractivity contribution in [1.82, 2.24) is 0 Å². The molecule has 0 radical (unpaired) electrons. The van der Waals surface area contributed by atoms with Crippen LogP contribution in [0.5, 0.6) is 0 Å². The van der Waals surface area contributed by atoms with Crippen LogP contribution in [-0.2, 0) is 14.3 Å². The van der Waals surface area contributed by atoms with E-state index in [0.717, 1.165) is 12.8 Å². The lowest BCUT2D eigenvalue weighted by Gasteiger charge is -2.47. The fourth-order valence-electron chi connectivity index (χ4n) is 2.93. The van der Waals surface area contributed by atoms with Gasteiger partial charge in [0.1, 0.15) is 5.78 Å². The number of hydrogen-bond acceptors (Lipinski definition) is 3. The zero-order valence-electron chi connectivity index (χ0n) is 8.71. The zero-order chi connectivity index (χ0) is 10.3. The molecule has 0 saturated heterocycles. The maximum Gasteiger partial charge on any atom is 0.309 e. The predicted octanol–water partition coefficient (Wildman–Crippen LogP) is 1.55. The van der Waals surface area contributed by atoms with Crippen LogP contribution in [0.1, 0.15) is 32.6 Å². The van der Waals surface area contributed by atoms with Crippen LogP contribution in [0.15, 0.2) is 0 Å². The van der Waals surface area contributed by atoms with Crippen molar-refractivity contribution in [2.45, 2.75) is 32.6 Å². The molecule has 3 aliphatic carbocycles. The minimum absolute atomic E-state index is 0.0519. The number of hydrogen-bond donors (Lipinski definition) is 0. The molecule has 0 amide bonds. The Hall–Kier alpha value is -0.860. The molecule has 0 heterocycles. The van der Waals surface area contributed by atoms with Crippen molar-refractivity contribution in [1.29, 1.82) is 0 Å². The Morgan fingerprint density at radius 1 is 1.57 bits per heavy atom. The molecule has 0 aliphatic heterocycles. The van der Waals surface area contributed by atoms with Gasteiger partial charge in [0.25, 0.3) is 0 Å². The summed E-state index contributed by atoms with van der Waals surface area (Å²) in [7, 11) is 1.43. The molecule has 3 aliphatic rings. The summed E-state index contributed by atoms with van der Waals surface area (Å²) in [5.41, 5.74) is -0.126. The first kappa shape index (κ1) is 9.69. The summed E-state index contributed by atoms with van der Waals surface area (Å²) >= 11 is 0. The van der Waals surface area contributed by atoms with Crippen molar-refractivity contribution in [2.24, 2.45) is 17.3 Å². The van der Waals surface area contributed by atoms with E-state index in [4.69, 9.17) is 4.74 Å². The lowest BCUT2D eigenvalue weighted by molar-refractivity contribution is -0.160. The Kier molecular flexibility index (Phi) is 2.13. The van der Waals surface area contributed by atoms with E-state index in [1.54, 1.807) is 0 Å². The van der Waals surface area contributed by atoms with Crippen LogP contribution in [-0.4, -0.2) is 18.9 Å². The number of ether oxygens (including phenoxy) is 1. The standard InChI is InChI=1S/C11H16O3/c1-11-4-3-7(9(12)6-11)5-8(11)10(13)14-2/h7-8H,3-6H2,1-2H3/t7-,8+,11-/m1/s1. The third kappa shape index (κ3) is 1.26. The molecule has 3 fully saturated rings. The molecular formula is C11H16O3. The van der Waals surface area contributed by atoms with Gasteiger partial charge in [0.2, 0.25) is 0 Å². The Labute approximate surface area is 83.8 Å². The van der Waals surface area contributed by atoms with Crippen LogP contribution in [0.4, 0.5) is 0 Å². The van der Waals surface area contributed by atoms with Crippen molar-refractivity contribution in [3.63, 3.8) is 0 Å². The number of esters is 1. The largest absolute Gasteiger partial charge is 0.469 e. The number of Topliss-reactive ketones (excluding diaryl/α,β-unsaturated/α-hetero) is 1. The van der Waals surface area contributed by atoms with Crippen LogP contribution in [0.3, 0.4) is 0 Å². The van der Waals surface area contributed by atoms with Crippen molar-refractivity contribution in [3.05, 3.63) is 0 Å². The van der Waals surface area contributed by atoms with Gasteiger partial charge in [-0.3, -0.25) is 9.59 Å². The number of carbonyl (C=O) groups is 2. The summed E-state index contributed by atoms with van der Waals surface area (Å²) in [5.74, 6) is 0.286. The molecule has 3 rings (SSSR count). The smallest absolute Gasteiger partial charge is 0.309 e. The van der Waals surface area contributed by atoms with Gasteiger partial charge in [-0.25, -0.2) is 0 Å². The van der Waals surface area contributed by atoms with Gasteiger partial charge < -0.3 is 4.74 Å². The molecule has 2 bridgehead atoms. The number of carbonyl (C=O) groups excluding carboxylic acids is 2. The van der Waals surface area contributed by atoms with Crippen LogP contribution in [0, 0.1) is 17.3 Å².